The van der Waals surface area contributed by atoms with Gasteiger partial charge in [0, 0.05) is 17.8 Å². The predicted octanol–water partition coefficient (Wildman–Crippen LogP) is -0.0319. The molecule has 0 amide bonds. The molecule has 3 saturated carbocycles. The van der Waals surface area contributed by atoms with E-state index < -0.39 is 117 Å². The number of hydrogen-bond donors (Lipinski definition) is 9. The average Bonchev–Trinajstić information content (AvgIpc) is 3.74. The highest BCUT2D eigenvalue weighted by molar-refractivity contribution is 5.29. The van der Waals surface area contributed by atoms with E-state index in [0.717, 1.165) is 44.9 Å². The molecule has 0 radical (unpaired) electrons. The van der Waals surface area contributed by atoms with Crippen LogP contribution < -0.4 is 0 Å². The fraction of sp³-hybridized carbons (Fsp3) is 0.955. The number of aliphatic hydroxyl groups is 9. The molecule has 4 unspecified atom stereocenters. The number of hydrogen-bond acceptors (Lipinski definition) is 17. The Hall–Kier alpha value is -0.940. The summed E-state index contributed by atoms with van der Waals surface area (Å²) in [4.78, 5) is 0. The van der Waals surface area contributed by atoms with Gasteiger partial charge in [0.2, 0.25) is 0 Å². The lowest BCUT2D eigenvalue weighted by molar-refractivity contribution is -0.380. The van der Waals surface area contributed by atoms with Gasteiger partial charge in [-0.2, -0.15) is 0 Å². The van der Waals surface area contributed by atoms with Crippen LogP contribution in [0.15, 0.2) is 11.6 Å². The largest absolute Gasteiger partial charge is 0.394 e. The summed E-state index contributed by atoms with van der Waals surface area (Å²) < 4.78 is 49.5. The molecule has 0 aromatic rings. The number of aliphatic hydroxyl groups excluding tert-OH is 8. The molecular weight excluding hydrogens is 800 g/mol. The van der Waals surface area contributed by atoms with E-state index in [9.17, 15) is 46.0 Å². The summed E-state index contributed by atoms with van der Waals surface area (Å²) in [6, 6.07) is 0. The van der Waals surface area contributed by atoms with E-state index in [4.69, 9.17) is 37.9 Å². The van der Waals surface area contributed by atoms with Crippen LogP contribution in [0.25, 0.3) is 0 Å². The fourth-order valence-corrected chi connectivity index (χ4v) is 13.8. The quantitative estimate of drug-likeness (QED) is 0.145. The summed E-state index contributed by atoms with van der Waals surface area (Å²) >= 11 is 0. The monoisotopic (exact) mass is 870 g/mol. The zero-order valence-corrected chi connectivity index (χ0v) is 36.0. The molecule has 9 N–H and O–H groups in total. The van der Waals surface area contributed by atoms with Crippen LogP contribution in [0.4, 0.5) is 0 Å². The molecule has 17 heteroatoms. The summed E-state index contributed by atoms with van der Waals surface area (Å²) in [7, 11) is 0. The van der Waals surface area contributed by atoms with Crippen molar-refractivity contribution in [2.45, 2.75) is 202 Å². The summed E-state index contributed by atoms with van der Waals surface area (Å²) in [5.41, 5.74) is -0.100. The molecule has 9 rings (SSSR count). The first-order valence-electron chi connectivity index (χ1n) is 22.9. The summed E-state index contributed by atoms with van der Waals surface area (Å²) in [5, 5.41) is 97.6. The van der Waals surface area contributed by atoms with Gasteiger partial charge in [0.15, 0.2) is 24.7 Å². The van der Waals surface area contributed by atoms with Gasteiger partial charge < -0.3 is 83.9 Å². The second kappa shape index (κ2) is 16.4. The van der Waals surface area contributed by atoms with Crippen molar-refractivity contribution in [3.63, 3.8) is 0 Å². The maximum Gasteiger partial charge on any atom is 0.187 e. The van der Waals surface area contributed by atoms with Crippen LogP contribution in [-0.4, -0.2) is 175 Å². The highest BCUT2D eigenvalue weighted by Gasteiger charge is 2.76. The third-order valence-electron chi connectivity index (χ3n) is 17.6. The molecule has 0 aromatic carbocycles. The topological polar surface area (TPSA) is 256 Å². The zero-order chi connectivity index (χ0) is 43.6. The Morgan fingerprint density at radius 3 is 2.08 bits per heavy atom. The highest BCUT2D eigenvalue weighted by atomic mass is 16.8. The first-order valence-corrected chi connectivity index (χ1v) is 22.9. The van der Waals surface area contributed by atoms with Crippen molar-refractivity contribution in [1.29, 1.82) is 0 Å². The van der Waals surface area contributed by atoms with E-state index in [1.54, 1.807) is 0 Å². The van der Waals surface area contributed by atoms with Crippen molar-refractivity contribution in [2.75, 3.05) is 19.8 Å². The first-order chi connectivity index (χ1) is 28.9. The number of allylic oxidation sites excluding steroid dienone is 1. The lowest BCUT2D eigenvalue weighted by atomic mass is 9.46. The van der Waals surface area contributed by atoms with Crippen LogP contribution >= 0.6 is 0 Å². The molecule has 348 valence electrons. The van der Waals surface area contributed by atoms with Gasteiger partial charge in [-0.05, 0) is 87.4 Å². The molecule has 5 aliphatic heterocycles. The second-order valence-corrected chi connectivity index (χ2v) is 20.7. The third-order valence-corrected chi connectivity index (χ3v) is 17.6. The predicted molar refractivity (Wildman–Crippen MR) is 210 cm³/mol. The van der Waals surface area contributed by atoms with Crippen molar-refractivity contribution in [3.05, 3.63) is 11.6 Å². The van der Waals surface area contributed by atoms with Gasteiger partial charge in [0.05, 0.1) is 38.1 Å². The molecule has 25 atom stereocenters. The van der Waals surface area contributed by atoms with Gasteiger partial charge in [-0.15, -0.1) is 0 Å². The Morgan fingerprint density at radius 1 is 0.705 bits per heavy atom. The Kier molecular flexibility index (Phi) is 12.2. The highest BCUT2D eigenvalue weighted by Crippen LogP contribution is 2.72. The molecule has 8 fully saturated rings. The maximum absolute atomic E-state index is 12.8. The Balaban J connectivity index is 0.922. The fourth-order valence-electron chi connectivity index (χ4n) is 13.8. The van der Waals surface area contributed by atoms with Gasteiger partial charge in [-0.25, -0.2) is 0 Å². The Bertz CT molecular complexity index is 1610. The smallest absolute Gasteiger partial charge is 0.187 e. The first kappa shape index (κ1) is 45.2. The molecule has 61 heavy (non-hydrogen) atoms. The normalized spacial score (nSPS) is 58.2. The van der Waals surface area contributed by atoms with E-state index in [1.165, 1.54) is 12.5 Å². The summed E-state index contributed by atoms with van der Waals surface area (Å²) in [5.74, 6) is 0.693. The van der Waals surface area contributed by atoms with Crippen molar-refractivity contribution >= 4 is 0 Å². The molecule has 4 aliphatic carbocycles. The number of fused-ring (bicyclic) bond motifs is 7. The van der Waals surface area contributed by atoms with Crippen molar-refractivity contribution in [3.8, 4) is 0 Å². The van der Waals surface area contributed by atoms with Crippen LogP contribution in [-0.2, 0) is 37.9 Å². The van der Waals surface area contributed by atoms with Crippen LogP contribution in [0, 0.1) is 40.4 Å². The van der Waals surface area contributed by atoms with E-state index in [1.807, 2.05) is 0 Å². The van der Waals surface area contributed by atoms with Crippen LogP contribution in [0.3, 0.4) is 0 Å². The molecule has 0 bridgehead atoms. The SMILES string of the molecule is C[C@@H]1CC[C@@]2(OC1)OC1CC3C4CC=C5C[C@@H](O[C@@H]6O[C@H](CO)[C@@H](O[C@@H]7O[C@@H](CO)[C@H](O)[C@H]7O)[C@H](O)[C@H]6O[C@@H]6O[C@@H](C)[C@H](O)[C@@H](O)[C@H]6O)CC[C@]5(C)C4CC[C@]3(C)[C@@]1(O)[C@@H]2C. The minimum absolute atomic E-state index is 0.109. The number of rotatable bonds is 8. The Labute approximate surface area is 357 Å². The molecule has 17 nitrogen and oxygen atoms in total. The van der Waals surface area contributed by atoms with E-state index >= 15 is 0 Å². The van der Waals surface area contributed by atoms with Gasteiger partial charge >= 0.3 is 0 Å². The molecule has 5 heterocycles. The Morgan fingerprint density at radius 2 is 1.39 bits per heavy atom. The van der Waals surface area contributed by atoms with Crippen molar-refractivity contribution < 1.29 is 83.9 Å². The summed E-state index contributed by atoms with van der Waals surface area (Å²) in [6.45, 7) is 9.89. The average molecular weight is 871 g/mol. The van der Waals surface area contributed by atoms with Gasteiger partial charge in [-0.1, -0.05) is 39.3 Å². The maximum atomic E-state index is 12.8. The third kappa shape index (κ3) is 6.97. The lowest BCUT2D eigenvalue weighted by Crippen LogP contribution is -2.65. The molecular formula is C44H70O17. The molecule has 9 aliphatic rings. The molecule has 5 saturated heterocycles. The van der Waals surface area contributed by atoms with Gasteiger partial charge in [0.25, 0.3) is 0 Å². The minimum Gasteiger partial charge on any atom is -0.394 e. The summed E-state index contributed by atoms with van der Waals surface area (Å²) in [6.07, 6.45) is -11.0. The standard InChI is InChI=1S/C44H70O17/c1-19-8-13-43(54-18-19)21(3)44(53)29(61-43)15-26-24-7-6-22-14-23(9-11-41(22,4)25(24)10-12-42(26,44)5)56-40-37(60-38-34(51)32(49)30(47)20(2)55-38)35(52)36(28(17-46)58-40)59-39-33(50)31(48)27(16-45)57-39/h6,19-21,23-40,45-53H,7-18H2,1-5H3/t19-,20+,21-,23+,24?,25?,26?,27+,28-,29?,30+,31+,32-,33-,34-,35+,36-,37-,38+,39+,40-,41+,42+,43-,44-/m1/s1. The van der Waals surface area contributed by atoms with Crippen LogP contribution in [0.5, 0.6) is 0 Å². The van der Waals surface area contributed by atoms with Crippen LogP contribution in [0.1, 0.15) is 92.4 Å². The van der Waals surface area contributed by atoms with E-state index in [2.05, 4.69) is 33.8 Å². The zero-order valence-electron chi connectivity index (χ0n) is 36.0. The van der Waals surface area contributed by atoms with Crippen molar-refractivity contribution in [2.24, 2.45) is 40.4 Å². The van der Waals surface area contributed by atoms with Crippen LogP contribution in [0.2, 0.25) is 0 Å². The lowest BCUT2D eigenvalue weighted by Gasteiger charge is -2.60. The second-order valence-electron chi connectivity index (χ2n) is 20.7. The molecule has 1 spiro atoms. The van der Waals surface area contributed by atoms with E-state index in [0.29, 0.717) is 43.1 Å². The van der Waals surface area contributed by atoms with Gasteiger partial charge in [-0.3, -0.25) is 0 Å². The molecule has 0 aromatic heterocycles. The van der Waals surface area contributed by atoms with Gasteiger partial charge in [0.1, 0.15) is 66.6 Å². The van der Waals surface area contributed by atoms with E-state index in [-0.39, 0.29) is 22.9 Å². The number of ether oxygens (including phenoxy) is 8. The minimum atomic E-state index is -1.72. The van der Waals surface area contributed by atoms with Crippen molar-refractivity contribution in [1.82, 2.24) is 0 Å².